The quantitative estimate of drug-likeness (QED) is 0.763. The summed E-state index contributed by atoms with van der Waals surface area (Å²) >= 11 is 0. The van der Waals surface area contributed by atoms with E-state index >= 15 is 0 Å². The number of ether oxygens (including phenoxy) is 1. The van der Waals surface area contributed by atoms with Crippen LogP contribution >= 0.6 is 0 Å². The Kier molecular flexibility index (Phi) is 6.83. The molecule has 1 rings (SSSR count). The maximum absolute atomic E-state index is 12.4. The lowest BCUT2D eigenvalue weighted by Crippen LogP contribution is -2.38. The minimum atomic E-state index is -3.50. The first-order chi connectivity index (χ1) is 10.3. The van der Waals surface area contributed by atoms with Crippen LogP contribution in [0.1, 0.15) is 6.92 Å². The molecule has 22 heavy (non-hydrogen) atoms. The minimum Gasteiger partial charge on any atom is -0.497 e. The molecule has 0 bridgehead atoms. The van der Waals surface area contributed by atoms with Crippen LogP contribution in [0.4, 0.5) is 0 Å². The van der Waals surface area contributed by atoms with Crippen molar-refractivity contribution in [3.8, 4) is 5.75 Å². The molecule has 0 fully saturated rings. The molecule has 1 aromatic rings. The Balaban J connectivity index is 2.75. The molecular weight excluding hydrogens is 304 g/mol. The van der Waals surface area contributed by atoms with E-state index in [0.717, 1.165) is 0 Å². The topological polar surface area (TPSA) is 75.7 Å². The van der Waals surface area contributed by atoms with Crippen LogP contribution in [0.2, 0.25) is 0 Å². The van der Waals surface area contributed by atoms with Crippen LogP contribution in [-0.4, -0.2) is 59.3 Å². The summed E-state index contributed by atoms with van der Waals surface area (Å²) in [5, 5.41) is 2.95. The van der Waals surface area contributed by atoms with Gasteiger partial charge in [-0.1, -0.05) is 6.92 Å². The zero-order valence-corrected chi connectivity index (χ0v) is 14.3. The van der Waals surface area contributed by atoms with E-state index in [4.69, 9.17) is 4.74 Å². The summed E-state index contributed by atoms with van der Waals surface area (Å²) in [5.74, 6) is -0.377. The summed E-state index contributed by atoms with van der Waals surface area (Å²) in [6.07, 6.45) is 0. The van der Waals surface area contributed by atoms with Crippen LogP contribution in [-0.2, 0) is 14.6 Å². The van der Waals surface area contributed by atoms with Crippen LogP contribution in [0, 0.1) is 5.92 Å². The first-order valence-corrected chi connectivity index (χ1v) is 8.73. The van der Waals surface area contributed by atoms with Gasteiger partial charge < -0.3 is 15.0 Å². The second-order valence-electron chi connectivity index (χ2n) is 5.22. The number of likely N-dealkylation sites (N-methyl/N-ethyl adjacent to an activating group) is 2. The second kappa shape index (κ2) is 8.14. The van der Waals surface area contributed by atoms with Crippen LogP contribution in [0.3, 0.4) is 0 Å². The maximum atomic E-state index is 12.4. The lowest BCUT2D eigenvalue weighted by Gasteiger charge is -2.21. The standard InChI is InChI=1S/C15H24N2O4S/c1-12(15(18)17(3)10-9-16-2)11-22(19,20)14-7-5-13(21-4)6-8-14/h5-8,12,16H,9-11H2,1-4H3. The van der Waals surface area contributed by atoms with Crippen molar-refractivity contribution in [1.82, 2.24) is 10.2 Å². The number of methoxy groups -OCH3 is 1. The van der Waals surface area contributed by atoms with Crippen molar-refractivity contribution >= 4 is 15.7 Å². The molecule has 6 nitrogen and oxygen atoms in total. The zero-order valence-electron chi connectivity index (χ0n) is 13.5. The number of hydrogen-bond donors (Lipinski definition) is 1. The van der Waals surface area contributed by atoms with Gasteiger partial charge in [-0.25, -0.2) is 8.42 Å². The van der Waals surface area contributed by atoms with Gasteiger partial charge in [0, 0.05) is 26.1 Å². The fourth-order valence-electron chi connectivity index (χ4n) is 2.05. The molecule has 124 valence electrons. The molecule has 0 aliphatic heterocycles. The molecule has 0 aliphatic rings. The molecule has 7 heteroatoms. The number of sulfone groups is 1. The van der Waals surface area contributed by atoms with Crippen molar-refractivity contribution < 1.29 is 17.9 Å². The summed E-state index contributed by atoms with van der Waals surface area (Å²) in [6.45, 7) is 2.85. The molecule has 0 saturated carbocycles. The minimum absolute atomic E-state index is 0.174. The van der Waals surface area contributed by atoms with Crippen molar-refractivity contribution in [3.05, 3.63) is 24.3 Å². The second-order valence-corrected chi connectivity index (χ2v) is 7.26. The van der Waals surface area contributed by atoms with Crippen molar-refractivity contribution in [3.63, 3.8) is 0 Å². The van der Waals surface area contributed by atoms with E-state index in [2.05, 4.69) is 5.32 Å². The highest BCUT2D eigenvalue weighted by molar-refractivity contribution is 7.91. The molecule has 0 radical (unpaired) electrons. The first-order valence-electron chi connectivity index (χ1n) is 7.08. The van der Waals surface area contributed by atoms with Gasteiger partial charge in [0.2, 0.25) is 5.91 Å². The van der Waals surface area contributed by atoms with E-state index in [1.807, 2.05) is 0 Å². The molecule has 0 saturated heterocycles. The van der Waals surface area contributed by atoms with Crippen molar-refractivity contribution in [2.24, 2.45) is 5.92 Å². The predicted molar refractivity (Wildman–Crippen MR) is 85.8 cm³/mol. The van der Waals surface area contributed by atoms with Gasteiger partial charge in [0.25, 0.3) is 0 Å². The number of carbonyl (C=O) groups excluding carboxylic acids is 1. The van der Waals surface area contributed by atoms with Gasteiger partial charge in [0.15, 0.2) is 9.84 Å². The Morgan fingerprint density at radius 1 is 1.32 bits per heavy atom. The third kappa shape index (κ3) is 4.99. The van der Waals surface area contributed by atoms with E-state index in [1.165, 1.54) is 19.2 Å². The molecular formula is C15H24N2O4S. The highest BCUT2D eigenvalue weighted by Gasteiger charge is 2.25. The lowest BCUT2D eigenvalue weighted by molar-refractivity contribution is -0.132. The number of nitrogens with zero attached hydrogens (tertiary/aromatic N) is 1. The van der Waals surface area contributed by atoms with Gasteiger partial charge in [-0.05, 0) is 31.3 Å². The highest BCUT2D eigenvalue weighted by Crippen LogP contribution is 2.19. The molecule has 1 unspecified atom stereocenters. The van der Waals surface area contributed by atoms with E-state index in [0.29, 0.717) is 18.8 Å². The Morgan fingerprint density at radius 3 is 2.41 bits per heavy atom. The average Bonchev–Trinajstić information content (AvgIpc) is 2.51. The van der Waals surface area contributed by atoms with Crippen LogP contribution in [0.25, 0.3) is 0 Å². The van der Waals surface area contributed by atoms with Gasteiger partial charge in [0.1, 0.15) is 5.75 Å². The van der Waals surface area contributed by atoms with E-state index in [9.17, 15) is 13.2 Å². The van der Waals surface area contributed by atoms with Gasteiger partial charge in [-0.2, -0.15) is 0 Å². The summed E-state index contributed by atoms with van der Waals surface area (Å²) in [5.41, 5.74) is 0. The molecule has 1 N–H and O–H groups in total. The van der Waals surface area contributed by atoms with Crippen LogP contribution in [0.5, 0.6) is 5.75 Å². The highest BCUT2D eigenvalue weighted by atomic mass is 32.2. The van der Waals surface area contributed by atoms with Gasteiger partial charge >= 0.3 is 0 Å². The Hall–Kier alpha value is -1.60. The van der Waals surface area contributed by atoms with Gasteiger partial charge in [0.05, 0.1) is 17.8 Å². The number of hydrogen-bond acceptors (Lipinski definition) is 5. The van der Waals surface area contributed by atoms with Gasteiger partial charge in [-0.3, -0.25) is 4.79 Å². The first kappa shape index (κ1) is 18.4. The van der Waals surface area contributed by atoms with Crippen molar-refractivity contribution in [2.45, 2.75) is 11.8 Å². The van der Waals surface area contributed by atoms with Gasteiger partial charge in [-0.15, -0.1) is 0 Å². The summed E-state index contributed by atoms with van der Waals surface area (Å²) in [7, 11) is 1.50. The number of carbonyl (C=O) groups is 1. The fraction of sp³-hybridized carbons (Fsp3) is 0.533. The third-order valence-corrected chi connectivity index (χ3v) is 5.31. The summed E-state index contributed by atoms with van der Waals surface area (Å²) < 4.78 is 29.7. The van der Waals surface area contributed by atoms with Crippen LogP contribution in [0.15, 0.2) is 29.2 Å². The number of amides is 1. The van der Waals surface area contributed by atoms with Crippen molar-refractivity contribution in [1.29, 1.82) is 0 Å². The zero-order chi connectivity index (χ0) is 16.8. The normalized spacial score (nSPS) is 12.7. The number of nitrogens with one attached hydrogen (secondary N) is 1. The molecule has 0 spiro atoms. The Bertz CT molecular complexity index is 584. The molecule has 0 aliphatic carbocycles. The molecule has 1 amide bonds. The van der Waals surface area contributed by atoms with E-state index in [-0.39, 0.29) is 16.6 Å². The van der Waals surface area contributed by atoms with Crippen LogP contribution < -0.4 is 10.1 Å². The largest absolute Gasteiger partial charge is 0.497 e. The maximum Gasteiger partial charge on any atom is 0.226 e. The molecule has 1 atom stereocenters. The lowest BCUT2D eigenvalue weighted by atomic mass is 10.2. The monoisotopic (exact) mass is 328 g/mol. The predicted octanol–water partition coefficient (Wildman–Crippen LogP) is 0.783. The Morgan fingerprint density at radius 2 is 1.91 bits per heavy atom. The number of benzene rings is 1. The molecule has 1 aromatic carbocycles. The van der Waals surface area contributed by atoms with Crippen molar-refractivity contribution in [2.75, 3.05) is 40.0 Å². The third-order valence-electron chi connectivity index (χ3n) is 3.38. The molecule has 0 aromatic heterocycles. The molecule has 0 heterocycles. The smallest absolute Gasteiger partial charge is 0.226 e. The SMILES string of the molecule is CNCCN(C)C(=O)C(C)CS(=O)(=O)c1ccc(OC)cc1. The fourth-order valence-corrected chi connectivity index (χ4v) is 3.59. The number of rotatable bonds is 8. The average molecular weight is 328 g/mol. The Labute approximate surface area is 132 Å². The van der Waals surface area contributed by atoms with E-state index in [1.54, 1.807) is 38.1 Å². The summed E-state index contributed by atoms with van der Waals surface area (Å²) in [4.78, 5) is 13.9. The summed E-state index contributed by atoms with van der Waals surface area (Å²) in [6, 6.07) is 6.18. The van der Waals surface area contributed by atoms with E-state index < -0.39 is 15.8 Å².